The Hall–Kier alpha value is -0.690. The van der Waals surface area contributed by atoms with E-state index in [0.29, 0.717) is 6.42 Å². The number of rotatable bonds is 19. The number of aliphatic carboxylic acids is 1. The predicted octanol–water partition coefficient (Wildman–Crippen LogP) is 4.03. The lowest BCUT2D eigenvalue weighted by molar-refractivity contribution is -0.137. The minimum absolute atomic E-state index is 0.345. The van der Waals surface area contributed by atoms with Gasteiger partial charge in [-0.2, -0.15) is 0 Å². The van der Waals surface area contributed by atoms with Crippen molar-refractivity contribution in [2.75, 3.05) is 13.2 Å². The third-order valence-corrected chi connectivity index (χ3v) is 4.81. The first-order chi connectivity index (χ1) is 13.5. The standard InChI is InChI=1S/C18H36O2.C4H10O4/c1-2-3-4-5-6-7-8-9-10-11-12-13-14-15-16-17-18(19)20;5-1-3(7)4(8)2-6/h2-17H2,1H3,(H,19,20);3-8H,1-2H2. The SMILES string of the molecule is CCCCCCCCCCCCCCCCCC(=O)O.OCC(O)C(O)CO. The Morgan fingerprint density at radius 3 is 1.14 bits per heavy atom. The largest absolute Gasteiger partial charge is 0.481 e. The highest BCUT2D eigenvalue weighted by Crippen LogP contribution is 2.13. The average molecular weight is 407 g/mol. The molecule has 0 aliphatic rings. The van der Waals surface area contributed by atoms with E-state index in [1.54, 1.807) is 0 Å². The van der Waals surface area contributed by atoms with Crippen LogP contribution < -0.4 is 0 Å². The number of hydrogen-bond donors (Lipinski definition) is 5. The Morgan fingerprint density at radius 2 is 0.893 bits per heavy atom. The van der Waals surface area contributed by atoms with Crippen LogP contribution in [0.2, 0.25) is 0 Å². The Bertz CT molecular complexity index is 303. The first kappa shape index (κ1) is 29.5. The molecule has 0 fully saturated rings. The molecule has 0 aromatic heterocycles. The van der Waals surface area contributed by atoms with Crippen molar-refractivity contribution in [3.63, 3.8) is 0 Å². The first-order valence-electron chi connectivity index (χ1n) is 11.3. The second kappa shape index (κ2) is 24.3. The average Bonchev–Trinajstić information content (AvgIpc) is 2.69. The van der Waals surface area contributed by atoms with Gasteiger partial charge in [0.15, 0.2) is 0 Å². The maximum Gasteiger partial charge on any atom is 0.303 e. The zero-order chi connectivity index (χ0) is 21.5. The molecule has 0 rings (SSSR count). The lowest BCUT2D eigenvalue weighted by Gasteiger charge is -2.10. The van der Waals surface area contributed by atoms with Gasteiger partial charge >= 0.3 is 5.97 Å². The fourth-order valence-electron chi connectivity index (χ4n) is 2.89. The zero-order valence-corrected chi connectivity index (χ0v) is 18.0. The second-order valence-electron chi connectivity index (χ2n) is 7.59. The molecule has 0 aliphatic carbocycles. The van der Waals surface area contributed by atoms with E-state index in [0.717, 1.165) is 12.8 Å². The molecule has 0 amide bonds. The lowest BCUT2D eigenvalue weighted by atomic mass is 10.0. The number of aliphatic hydroxyl groups excluding tert-OH is 4. The van der Waals surface area contributed by atoms with Gasteiger partial charge in [-0.05, 0) is 6.42 Å². The van der Waals surface area contributed by atoms with Crippen molar-refractivity contribution in [1.29, 1.82) is 0 Å². The molecule has 0 saturated carbocycles. The van der Waals surface area contributed by atoms with Gasteiger partial charge < -0.3 is 25.5 Å². The minimum atomic E-state index is -1.22. The predicted molar refractivity (Wildman–Crippen MR) is 113 cm³/mol. The van der Waals surface area contributed by atoms with Crippen LogP contribution in [0.25, 0.3) is 0 Å². The summed E-state index contributed by atoms with van der Waals surface area (Å²) in [4.78, 5) is 10.3. The van der Waals surface area contributed by atoms with Gasteiger partial charge in [0.1, 0.15) is 12.2 Å². The number of aliphatic hydroxyl groups is 4. The Kier molecular flexibility index (Phi) is 25.7. The molecule has 0 heterocycles. The van der Waals surface area contributed by atoms with E-state index in [1.807, 2.05) is 0 Å². The minimum Gasteiger partial charge on any atom is -0.481 e. The smallest absolute Gasteiger partial charge is 0.303 e. The van der Waals surface area contributed by atoms with Crippen LogP contribution in [0, 0.1) is 0 Å². The number of unbranched alkanes of at least 4 members (excludes halogenated alkanes) is 14. The highest BCUT2D eigenvalue weighted by Gasteiger charge is 2.12. The van der Waals surface area contributed by atoms with Crippen molar-refractivity contribution in [3.05, 3.63) is 0 Å². The number of carboxylic acids is 1. The van der Waals surface area contributed by atoms with Crippen LogP contribution in [0.4, 0.5) is 0 Å². The molecular weight excluding hydrogens is 360 g/mol. The summed E-state index contributed by atoms with van der Waals surface area (Å²) in [5.41, 5.74) is 0. The molecule has 6 heteroatoms. The van der Waals surface area contributed by atoms with Crippen LogP contribution in [-0.2, 0) is 4.79 Å². The molecule has 5 N–H and O–H groups in total. The van der Waals surface area contributed by atoms with E-state index in [-0.39, 0.29) is 0 Å². The number of carboxylic acid groups (broad SMARTS) is 1. The van der Waals surface area contributed by atoms with E-state index in [2.05, 4.69) is 6.92 Å². The maximum absolute atomic E-state index is 10.3. The molecular formula is C22H46O6. The van der Waals surface area contributed by atoms with Crippen LogP contribution in [0.1, 0.15) is 110 Å². The van der Waals surface area contributed by atoms with Gasteiger partial charge in [0, 0.05) is 6.42 Å². The summed E-state index contributed by atoms with van der Waals surface area (Å²) in [6.07, 6.45) is 17.8. The molecule has 0 saturated heterocycles. The first-order valence-corrected chi connectivity index (χ1v) is 11.3. The third kappa shape index (κ3) is 25.3. The monoisotopic (exact) mass is 406 g/mol. The molecule has 0 aliphatic heterocycles. The molecule has 0 radical (unpaired) electrons. The van der Waals surface area contributed by atoms with E-state index >= 15 is 0 Å². The molecule has 2 unspecified atom stereocenters. The highest BCUT2D eigenvalue weighted by atomic mass is 16.4. The fourth-order valence-corrected chi connectivity index (χ4v) is 2.89. The van der Waals surface area contributed by atoms with Crippen molar-refractivity contribution in [3.8, 4) is 0 Å². The fraction of sp³-hybridized carbons (Fsp3) is 0.955. The summed E-state index contributed by atoms with van der Waals surface area (Å²) in [5, 5.41) is 41.7. The Morgan fingerprint density at radius 1 is 0.607 bits per heavy atom. The van der Waals surface area contributed by atoms with E-state index < -0.39 is 31.4 Å². The molecule has 28 heavy (non-hydrogen) atoms. The zero-order valence-electron chi connectivity index (χ0n) is 18.0. The molecule has 6 nitrogen and oxygen atoms in total. The summed E-state index contributed by atoms with van der Waals surface area (Å²) in [7, 11) is 0. The summed E-state index contributed by atoms with van der Waals surface area (Å²) in [6, 6.07) is 0. The van der Waals surface area contributed by atoms with E-state index in [9.17, 15) is 4.79 Å². The van der Waals surface area contributed by atoms with E-state index in [4.69, 9.17) is 25.5 Å². The van der Waals surface area contributed by atoms with Gasteiger partial charge in [-0.15, -0.1) is 0 Å². The normalized spacial score (nSPS) is 12.9. The van der Waals surface area contributed by atoms with Gasteiger partial charge in [0.25, 0.3) is 0 Å². The van der Waals surface area contributed by atoms with Crippen LogP contribution in [0.15, 0.2) is 0 Å². The Balaban J connectivity index is 0. The number of carbonyl (C=O) groups is 1. The summed E-state index contributed by atoms with van der Waals surface area (Å²) >= 11 is 0. The van der Waals surface area contributed by atoms with Gasteiger partial charge in [0.2, 0.25) is 0 Å². The Labute approximate surface area is 172 Å². The van der Waals surface area contributed by atoms with Crippen LogP contribution >= 0.6 is 0 Å². The molecule has 170 valence electrons. The molecule has 0 aromatic carbocycles. The van der Waals surface area contributed by atoms with Crippen molar-refractivity contribution < 1.29 is 30.3 Å². The molecule has 0 spiro atoms. The van der Waals surface area contributed by atoms with Crippen LogP contribution in [0.5, 0.6) is 0 Å². The van der Waals surface area contributed by atoms with Crippen molar-refractivity contribution in [1.82, 2.24) is 0 Å². The summed E-state index contributed by atoms with van der Waals surface area (Å²) in [6.45, 7) is 1.22. The highest BCUT2D eigenvalue weighted by molar-refractivity contribution is 5.66. The van der Waals surface area contributed by atoms with Gasteiger partial charge in [0.05, 0.1) is 13.2 Å². The summed E-state index contributed by atoms with van der Waals surface area (Å²) < 4.78 is 0. The maximum atomic E-state index is 10.3. The summed E-state index contributed by atoms with van der Waals surface area (Å²) in [5.74, 6) is -0.653. The van der Waals surface area contributed by atoms with Crippen molar-refractivity contribution >= 4 is 5.97 Å². The second-order valence-corrected chi connectivity index (χ2v) is 7.59. The number of hydrogen-bond acceptors (Lipinski definition) is 5. The molecule has 2 atom stereocenters. The van der Waals surface area contributed by atoms with Crippen molar-refractivity contribution in [2.45, 2.75) is 122 Å². The topological polar surface area (TPSA) is 118 Å². The van der Waals surface area contributed by atoms with E-state index in [1.165, 1.54) is 83.5 Å². The van der Waals surface area contributed by atoms with Gasteiger partial charge in [-0.1, -0.05) is 96.8 Å². The van der Waals surface area contributed by atoms with Crippen LogP contribution in [0.3, 0.4) is 0 Å². The molecule has 0 bridgehead atoms. The van der Waals surface area contributed by atoms with Crippen LogP contribution in [-0.4, -0.2) is 56.9 Å². The quantitative estimate of drug-likeness (QED) is 0.207. The molecule has 0 aromatic rings. The van der Waals surface area contributed by atoms with Gasteiger partial charge in [-0.25, -0.2) is 0 Å². The van der Waals surface area contributed by atoms with Crippen molar-refractivity contribution in [2.24, 2.45) is 0 Å². The lowest BCUT2D eigenvalue weighted by Crippen LogP contribution is -2.31. The third-order valence-electron chi connectivity index (χ3n) is 4.81. The van der Waals surface area contributed by atoms with Gasteiger partial charge in [-0.3, -0.25) is 4.79 Å².